The van der Waals surface area contributed by atoms with E-state index in [-0.39, 0.29) is 38.8 Å². The van der Waals surface area contributed by atoms with Crippen LogP contribution in [-0.2, 0) is 25.7 Å². The van der Waals surface area contributed by atoms with Gasteiger partial charge >= 0.3 is 11.7 Å². The molecule has 0 bridgehead atoms. The van der Waals surface area contributed by atoms with Gasteiger partial charge in [0.25, 0.3) is 5.69 Å². The molecule has 0 radical (unpaired) electrons. The summed E-state index contributed by atoms with van der Waals surface area (Å²) in [6.07, 6.45) is 11.0. The van der Waals surface area contributed by atoms with Crippen molar-refractivity contribution in [3.63, 3.8) is 0 Å². The molecule has 4 rings (SSSR count). The number of aliphatic carboxylic acids is 1. The molecule has 0 fully saturated rings. The van der Waals surface area contributed by atoms with Gasteiger partial charge in [0.1, 0.15) is 42.2 Å². The standard InChI is InChI=1S/C15H14Cl2N2O3.C12H9ClN2O3.C3H8NO5P.C3H9S/c1-5-6-21-12-8-11(9(16)7-10(12)17)19-14(20)22-13(18-19)15(2,3)4;13-11-10(18-8-4-2-1-3-5-8)7-6-9(12(11)14)15(16)17;5-3(6)1-4-2-10(7,8)9;1-4(2)3/h1,7-8H,6H2,2-4H3;1-7H,14H2;4H,1-2H2,(H,5,6)(H2,7,8,9);1-3H3/q;;;+1/p-1. The maximum Gasteiger partial charge on any atom is 0.442 e. The molecule has 1 aromatic heterocycles. The molecule has 1 heterocycles. The molecule has 54 heavy (non-hydrogen) atoms. The molecule has 0 amide bonds. The van der Waals surface area contributed by atoms with Crippen molar-refractivity contribution in [1.29, 1.82) is 0 Å². The third-order valence-electron chi connectivity index (χ3n) is 5.61. The van der Waals surface area contributed by atoms with E-state index in [4.69, 9.17) is 70.9 Å². The summed E-state index contributed by atoms with van der Waals surface area (Å²) in [5.74, 6) is 1.99. The first-order chi connectivity index (χ1) is 25.0. The van der Waals surface area contributed by atoms with Crippen LogP contribution in [0.2, 0.25) is 15.1 Å². The van der Waals surface area contributed by atoms with E-state index in [1.807, 2.05) is 32.2 Å². The van der Waals surface area contributed by atoms with Crippen molar-refractivity contribution >= 4 is 70.6 Å². The molecule has 16 nitrogen and oxygen atoms in total. The number of nitrogens with two attached hydrogens (primary N) is 1. The fourth-order valence-corrected chi connectivity index (χ4v) is 4.47. The first kappa shape index (κ1) is 47.8. The Morgan fingerprint density at radius 2 is 1.72 bits per heavy atom. The molecule has 0 aliphatic carbocycles. The Morgan fingerprint density at radius 3 is 2.20 bits per heavy atom. The topological polar surface area (TPSA) is 245 Å². The zero-order valence-corrected chi connectivity index (χ0v) is 33.9. The number of nitrogens with zero attached hydrogens (tertiary/aromatic N) is 3. The summed E-state index contributed by atoms with van der Waals surface area (Å²) >= 11 is 18.1. The maximum absolute atomic E-state index is 12.0. The summed E-state index contributed by atoms with van der Waals surface area (Å²) in [6, 6.07) is 14.6. The van der Waals surface area contributed by atoms with E-state index in [9.17, 15) is 29.2 Å². The van der Waals surface area contributed by atoms with E-state index in [0.717, 1.165) is 4.68 Å². The molecular formula is C33H39Cl3N5O11PS. The molecule has 0 saturated carbocycles. The molecule has 1 atom stereocenters. The molecule has 3 aromatic carbocycles. The minimum absolute atomic E-state index is 0.0352. The second-order valence-electron chi connectivity index (χ2n) is 11.9. The highest BCUT2D eigenvalue weighted by Crippen LogP contribution is 2.39. The van der Waals surface area contributed by atoms with Gasteiger partial charge < -0.3 is 39.1 Å². The fraction of sp³-hybridized carbons (Fsp3) is 0.303. The summed E-state index contributed by atoms with van der Waals surface area (Å²) < 4.78 is 27.0. The first-order valence-corrected chi connectivity index (χ1v) is 20.4. The number of aromatic nitrogens is 2. The highest BCUT2D eigenvalue weighted by atomic mass is 35.5. The summed E-state index contributed by atoms with van der Waals surface area (Å²) in [5.41, 5.74) is 5.14. The van der Waals surface area contributed by atoms with Gasteiger partial charge in [-0.25, -0.2) is 4.79 Å². The second-order valence-corrected chi connectivity index (χ2v) is 17.1. The van der Waals surface area contributed by atoms with Gasteiger partial charge in [0.05, 0.1) is 52.3 Å². The zero-order chi connectivity index (χ0) is 41.4. The number of carboxylic acid groups (broad SMARTS) is 1. The highest BCUT2D eigenvalue weighted by molar-refractivity contribution is 7.94. The van der Waals surface area contributed by atoms with Gasteiger partial charge in [0.2, 0.25) is 5.89 Å². The Labute approximate surface area is 329 Å². The van der Waals surface area contributed by atoms with Gasteiger partial charge in [-0.2, -0.15) is 4.68 Å². The number of para-hydroxylation sites is 1. The van der Waals surface area contributed by atoms with Gasteiger partial charge in [-0.05, 0) is 35.2 Å². The molecule has 0 saturated heterocycles. The third-order valence-corrected chi connectivity index (χ3v) is 7.22. The van der Waals surface area contributed by atoms with Crippen LogP contribution < -0.4 is 31.2 Å². The Balaban J connectivity index is 0.000000408. The monoisotopic (exact) mass is 849 g/mol. The van der Waals surface area contributed by atoms with Gasteiger partial charge in [0.15, 0.2) is 0 Å². The number of hydrogen-bond acceptors (Lipinski definition) is 12. The van der Waals surface area contributed by atoms with Crippen LogP contribution in [0.25, 0.3) is 5.69 Å². The molecular weight excluding hydrogens is 812 g/mol. The van der Waals surface area contributed by atoms with Crippen LogP contribution in [0, 0.1) is 22.5 Å². The van der Waals surface area contributed by atoms with Gasteiger partial charge in [0, 0.05) is 17.5 Å². The number of carboxylic acids is 1. The average Bonchev–Trinajstić information content (AvgIpc) is 3.45. The summed E-state index contributed by atoms with van der Waals surface area (Å²) in [6.45, 7) is 5.21. The Morgan fingerprint density at radius 1 is 1.13 bits per heavy atom. The van der Waals surface area contributed by atoms with Crippen LogP contribution in [0.4, 0.5) is 11.4 Å². The molecule has 1 unspecified atom stereocenters. The lowest BCUT2D eigenvalue weighted by atomic mass is 9.97. The van der Waals surface area contributed by atoms with Crippen LogP contribution in [0.5, 0.6) is 17.2 Å². The quantitative estimate of drug-likeness (QED) is 0.0372. The predicted octanol–water partition coefficient (Wildman–Crippen LogP) is 5.72. The van der Waals surface area contributed by atoms with Crippen LogP contribution >= 0.6 is 42.4 Å². The van der Waals surface area contributed by atoms with Crippen molar-refractivity contribution in [1.82, 2.24) is 15.1 Å². The second kappa shape index (κ2) is 22.2. The molecule has 294 valence electrons. The van der Waals surface area contributed by atoms with Crippen molar-refractivity contribution in [2.24, 2.45) is 0 Å². The number of nitro groups is 1. The number of nitro benzene ring substituents is 1. The molecule has 0 aliphatic rings. The third kappa shape index (κ3) is 17.3. The maximum atomic E-state index is 12.0. The molecule has 4 aromatic rings. The lowest BCUT2D eigenvalue weighted by Gasteiger charge is -2.14. The van der Waals surface area contributed by atoms with E-state index in [1.54, 1.807) is 24.3 Å². The smallest absolute Gasteiger partial charge is 0.442 e. The zero-order valence-electron chi connectivity index (χ0n) is 29.9. The van der Waals surface area contributed by atoms with Gasteiger partial charge in [-0.15, -0.1) is 11.5 Å². The molecule has 21 heteroatoms. The van der Waals surface area contributed by atoms with E-state index < -0.39 is 42.5 Å². The largest absolute Gasteiger partial charge is 0.778 e. The van der Waals surface area contributed by atoms with Gasteiger partial charge in [-0.3, -0.25) is 20.2 Å². The van der Waals surface area contributed by atoms with Crippen LogP contribution in [0.15, 0.2) is 63.8 Å². The minimum atomic E-state index is -4.35. The van der Waals surface area contributed by atoms with E-state index in [0.29, 0.717) is 34.0 Å². The van der Waals surface area contributed by atoms with Crippen LogP contribution in [0.1, 0.15) is 26.7 Å². The summed E-state index contributed by atoms with van der Waals surface area (Å²) in [5, 5.41) is 25.4. The number of nitrogens with one attached hydrogen (secondary N) is 1. The molecule has 0 aliphatic heterocycles. The number of hydrogen-bond donors (Lipinski definition) is 4. The van der Waals surface area contributed by atoms with Crippen molar-refractivity contribution in [3.05, 3.63) is 96.2 Å². The van der Waals surface area contributed by atoms with E-state index in [1.165, 1.54) is 24.3 Å². The lowest BCUT2D eigenvalue weighted by molar-refractivity contribution is -0.383. The number of ether oxygens (including phenoxy) is 2. The van der Waals surface area contributed by atoms with E-state index >= 15 is 0 Å². The lowest BCUT2D eigenvalue weighted by Crippen LogP contribution is -2.25. The van der Waals surface area contributed by atoms with Crippen LogP contribution in [0.3, 0.4) is 0 Å². The highest BCUT2D eigenvalue weighted by Gasteiger charge is 2.24. The minimum Gasteiger partial charge on any atom is -0.778 e. The number of terminal acetylenes is 1. The Hall–Kier alpha value is -4.24. The summed E-state index contributed by atoms with van der Waals surface area (Å²) in [7, 11) is -3.71. The normalized spacial score (nSPS) is 11.6. The number of nitrogen functional groups attached to an aromatic ring is 1. The summed E-state index contributed by atoms with van der Waals surface area (Å²) in [4.78, 5) is 49.9. The van der Waals surface area contributed by atoms with Crippen molar-refractivity contribution in [2.45, 2.75) is 26.2 Å². The Bertz CT molecular complexity index is 2010. The van der Waals surface area contributed by atoms with Crippen molar-refractivity contribution < 1.29 is 43.1 Å². The molecule has 5 N–H and O–H groups in total. The van der Waals surface area contributed by atoms with Crippen molar-refractivity contribution in [3.8, 4) is 35.3 Å². The van der Waals surface area contributed by atoms with E-state index in [2.05, 4.69) is 29.8 Å². The van der Waals surface area contributed by atoms with Crippen LogP contribution in [-0.4, -0.2) is 68.9 Å². The molecule has 0 spiro atoms. The number of halogens is 3. The number of carbonyl (C=O) groups is 1. The fourth-order valence-electron chi connectivity index (χ4n) is 3.36. The predicted molar refractivity (Wildman–Crippen MR) is 210 cm³/mol. The first-order valence-electron chi connectivity index (χ1n) is 15.0. The number of rotatable bonds is 10. The number of anilines is 1. The Kier molecular flexibility index (Phi) is 19.7. The number of benzene rings is 3. The average molecular weight is 851 g/mol. The van der Waals surface area contributed by atoms with Gasteiger partial charge in [-0.1, -0.05) is 79.7 Å². The van der Waals surface area contributed by atoms with Crippen molar-refractivity contribution in [2.75, 3.05) is 43.9 Å². The SMILES string of the molecule is C#CCOc1cc(-n2nc(C(C)(C)C)oc2=O)c(Cl)cc1Cl.C[S+](C)C.Nc1c([N+](=O)[O-])ccc(Oc2ccccc2)c1Cl.O=C(O)CNCP(=O)([O-])O.